The van der Waals surface area contributed by atoms with Gasteiger partial charge in [0.2, 0.25) is 0 Å². The van der Waals surface area contributed by atoms with Gasteiger partial charge >= 0.3 is 0 Å². The maximum atomic E-state index is 5.99. The number of rotatable bonds is 0. The fraction of sp³-hybridized carbons (Fsp3) is 1.00. The van der Waals surface area contributed by atoms with E-state index in [9.17, 15) is 0 Å². The molecule has 3 aliphatic rings. The molecule has 18 heavy (non-hydrogen) atoms. The summed E-state index contributed by atoms with van der Waals surface area (Å²) in [4.78, 5) is 0. The Balaban J connectivity index is 1.82. The van der Waals surface area contributed by atoms with Crippen LogP contribution in [0.25, 0.3) is 0 Å². The third-order valence-corrected chi connectivity index (χ3v) is 3.94. The molecule has 3 aliphatic heterocycles. The van der Waals surface area contributed by atoms with Gasteiger partial charge < -0.3 is 23.7 Å². The van der Waals surface area contributed by atoms with Gasteiger partial charge in [-0.2, -0.15) is 0 Å². The summed E-state index contributed by atoms with van der Waals surface area (Å²) < 4.78 is 29.4. The highest BCUT2D eigenvalue weighted by Gasteiger charge is 2.60. The van der Waals surface area contributed by atoms with Crippen LogP contribution in [0.1, 0.15) is 34.6 Å². The van der Waals surface area contributed by atoms with Crippen molar-refractivity contribution in [3.63, 3.8) is 0 Å². The third-order valence-electron chi connectivity index (χ3n) is 3.94. The zero-order valence-electron chi connectivity index (χ0n) is 11.7. The number of hydrogen-bond acceptors (Lipinski definition) is 5. The molecule has 1 spiro atoms. The summed E-state index contributed by atoms with van der Waals surface area (Å²) in [6, 6.07) is 0. The number of fused-ring (bicyclic) bond motifs is 1. The first-order valence-corrected chi connectivity index (χ1v) is 6.57. The topological polar surface area (TPSA) is 46.2 Å². The van der Waals surface area contributed by atoms with E-state index in [0.29, 0.717) is 13.2 Å². The van der Waals surface area contributed by atoms with E-state index in [1.54, 1.807) is 0 Å². The molecule has 0 aromatic heterocycles. The van der Waals surface area contributed by atoms with Crippen molar-refractivity contribution in [3.05, 3.63) is 0 Å². The summed E-state index contributed by atoms with van der Waals surface area (Å²) in [5, 5.41) is 0. The Hall–Kier alpha value is -0.200. The van der Waals surface area contributed by atoms with E-state index in [1.807, 2.05) is 27.7 Å². The molecule has 2 unspecified atom stereocenters. The van der Waals surface area contributed by atoms with E-state index in [-0.39, 0.29) is 18.1 Å². The van der Waals surface area contributed by atoms with Gasteiger partial charge in [-0.15, -0.1) is 0 Å². The molecule has 4 atom stereocenters. The van der Waals surface area contributed by atoms with Crippen molar-refractivity contribution in [2.45, 2.75) is 64.2 Å². The highest BCUT2D eigenvalue weighted by molar-refractivity contribution is 4.98. The normalized spacial score (nSPS) is 49.5. The average molecular weight is 258 g/mol. The smallest absolute Gasteiger partial charge is 0.200 e. The first-order valence-electron chi connectivity index (χ1n) is 6.57. The molecule has 0 aromatic rings. The van der Waals surface area contributed by atoms with E-state index in [0.717, 1.165) is 0 Å². The lowest BCUT2D eigenvalue weighted by Gasteiger charge is -2.42. The molecule has 3 rings (SSSR count). The van der Waals surface area contributed by atoms with Crippen LogP contribution in [0.15, 0.2) is 0 Å². The van der Waals surface area contributed by atoms with Gasteiger partial charge in [-0.3, -0.25) is 0 Å². The van der Waals surface area contributed by atoms with Crippen molar-refractivity contribution in [1.29, 1.82) is 0 Å². The van der Waals surface area contributed by atoms with E-state index in [4.69, 9.17) is 23.7 Å². The van der Waals surface area contributed by atoms with Gasteiger partial charge in [0.1, 0.15) is 12.7 Å². The fourth-order valence-electron chi connectivity index (χ4n) is 3.07. The molecule has 5 nitrogen and oxygen atoms in total. The maximum absolute atomic E-state index is 5.99. The Morgan fingerprint density at radius 2 is 1.67 bits per heavy atom. The van der Waals surface area contributed by atoms with Crippen molar-refractivity contribution in [2.24, 2.45) is 5.92 Å². The molecule has 0 amide bonds. The van der Waals surface area contributed by atoms with Gasteiger partial charge in [-0.25, -0.2) is 0 Å². The van der Waals surface area contributed by atoms with Crippen molar-refractivity contribution in [3.8, 4) is 0 Å². The van der Waals surface area contributed by atoms with Crippen LogP contribution in [-0.2, 0) is 23.7 Å². The standard InChI is InChI=1S/C13H22O5/c1-8-10-9(16-12(4,5)17-10)6-14-13(8)7-15-11(2,3)18-13/h8-10H,6-7H2,1-5H3/t8?,9-,10?,13-/m0/s1. The fourth-order valence-corrected chi connectivity index (χ4v) is 3.07. The molecule has 5 heteroatoms. The Kier molecular flexibility index (Phi) is 2.61. The number of hydrogen-bond donors (Lipinski definition) is 0. The quantitative estimate of drug-likeness (QED) is 0.661. The van der Waals surface area contributed by atoms with Crippen LogP contribution in [0.3, 0.4) is 0 Å². The van der Waals surface area contributed by atoms with Crippen LogP contribution in [0.4, 0.5) is 0 Å². The molecule has 3 saturated heterocycles. The van der Waals surface area contributed by atoms with Gasteiger partial charge in [-0.05, 0) is 27.7 Å². The molecular formula is C13H22O5. The van der Waals surface area contributed by atoms with Crippen molar-refractivity contribution in [1.82, 2.24) is 0 Å². The minimum Gasteiger partial charge on any atom is -0.345 e. The zero-order chi connectivity index (χ0) is 13.2. The summed E-state index contributed by atoms with van der Waals surface area (Å²) >= 11 is 0. The van der Waals surface area contributed by atoms with E-state index in [2.05, 4.69) is 6.92 Å². The van der Waals surface area contributed by atoms with Gasteiger partial charge in [0.25, 0.3) is 0 Å². The van der Waals surface area contributed by atoms with Crippen LogP contribution < -0.4 is 0 Å². The summed E-state index contributed by atoms with van der Waals surface area (Å²) in [6.07, 6.45) is -0.0285. The molecule has 3 heterocycles. The lowest BCUT2D eigenvalue weighted by atomic mass is 9.89. The van der Waals surface area contributed by atoms with Crippen molar-refractivity contribution >= 4 is 0 Å². The second-order valence-electron chi connectivity index (χ2n) is 6.34. The van der Waals surface area contributed by atoms with Crippen LogP contribution >= 0.6 is 0 Å². The first kappa shape index (κ1) is 12.8. The van der Waals surface area contributed by atoms with Crippen molar-refractivity contribution < 1.29 is 23.7 Å². The molecule has 104 valence electrons. The average Bonchev–Trinajstić information content (AvgIpc) is 2.71. The molecule has 0 N–H and O–H groups in total. The van der Waals surface area contributed by atoms with E-state index < -0.39 is 17.4 Å². The van der Waals surface area contributed by atoms with Crippen LogP contribution in [0.2, 0.25) is 0 Å². The summed E-state index contributed by atoms with van der Waals surface area (Å²) in [6.45, 7) is 10.7. The summed E-state index contributed by atoms with van der Waals surface area (Å²) in [5.74, 6) is -1.78. The second-order valence-corrected chi connectivity index (χ2v) is 6.34. The molecule has 0 aliphatic carbocycles. The first-order chi connectivity index (χ1) is 8.23. The molecule has 0 saturated carbocycles. The third kappa shape index (κ3) is 1.89. The second kappa shape index (κ2) is 3.67. The van der Waals surface area contributed by atoms with Gasteiger partial charge in [0.15, 0.2) is 17.4 Å². The van der Waals surface area contributed by atoms with Crippen LogP contribution in [0, 0.1) is 5.92 Å². The Labute approximate surface area is 108 Å². The highest BCUT2D eigenvalue weighted by Crippen LogP contribution is 2.46. The maximum Gasteiger partial charge on any atom is 0.200 e. The minimum absolute atomic E-state index is 0.00810. The van der Waals surface area contributed by atoms with Crippen molar-refractivity contribution in [2.75, 3.05) is 13.2 Å². The molecule has 0 bridgehead atoms. The van der Waals surface area contributed by atoms with Gasteiger partial charge in [0.05, 0.1) is 12.7 Å². The molecule has 0 radical (unpaired) electrons. The minimum atomic E-state index is -0.700. The predicted octanol–water partition coefficient (Wildman–Crippen LogP) is 1.65. The zero-order valence-corrected chi connectivity index (χ0v) is 11.7. The summed E-state index contributed by atoms with van der Waals surface area (Å²) in [5.41, 5.74) is 0. The Morgan fingerprint density at radius 1 is 0.944 bits per heavy atom. The van der Waals surface area contributed by atoms with E-state index in [1.165, 1.54) is 0 Å². The summed E-state index contributed by atoms with van der Waals surface area (Å²) in [7, 11) is 0. The lowest BCUT2D eigenvalue weighted by molar-refractivity contribution is -0.309. The largest absolute Gasteiger partial charge is 0.345 e. The lowest BCUT2D eigenvalue weighted by Crippen LogP contribution is -2.57. The predicted molar refractivity (Wildman–Crippen MR) is 62.8 cm³/mol. The highest BCUT2D eigenvalue weighted by atomic mass is 16.8. The van der Waals surface area contributed by atoms with Gasteiger partial charge in [0, 0.05) is 5.92 Å². The van der Waals surface area contributed by atoms with E-state index >= 15 is 0 Å². The Morgan fingerprint density at radius 3 is 2.28 bits per heavy atom. The Bertz CT molecular complexity index is 351. The SMILES string of the molecule is CC1C2OC(C)(C)O[C@H]2CO[C@]12COC(C)(C)O2. The van der Waals surface area contributed by atoms with Crippen LogP contribution in [-0.4, -0.2) is 42.8 Å². The molecule has 0 aromatic carbocycles. The monoisotopic (exact) mass is 258 g/mol. The number of ether oxygens (including phenoxy) is 5. The van der Waals surface area contributed by atoms with Gasteiger partial charge in [-0.1, -0.05) is 6.92 Å². The molecule has 3 fully saturated rings. The molecular weight excluding hydrogens is 236 g/mol. The van der Waals surface area contributed by atoms with Crippen LogP contribution in [0.5, 0.6) is 0 Å².